The average molecular weight is 1300 g/mol. The average Bonchev–Trinajstić information content (AvgIpc) is 2.63. The smallest absolute Gasteiger partial charge is 0.268 e. The Kier molecular flexibility index (Phi) is 68.4. The Hall–Kier alpha value is -3.88. The fraction of sp³-hybridized carbons (Fsp3) is 0.675. The number of amides is 1. The van der Waals surface area contributed by atoms with E-state index in [4.69, 9.17) is 9.05 Å². The first-order valence-electron chi connectivity index (χ1n) is 37.8. The summed E-state index contributed by atoms with van der Waals surface area (Å²) in [5, 5.41) is 14.0. The summed E-state index contributed by atoms with van der Waals surface area (Å²) >= 11 is 0. The molecule has 3 unspecified atom stereocenters. The van der Waals surface area contributed by atoms with Crippen LogP contribution in [0, 0.1) is 0 Å². The van der Waals surface area contributed by atoms with E-state index in [9.17, 15) is 19.4 Å². The fourth-order valence-electron chi connectivity index (χ4n) is 10.4. The maximum atomic E-state index is 13.1. The van der Waals surface area contributed by atoms with Crippen LogP contribution in [0.25, 0.3) is 0 Å². The van der Waals surface area contributed by atoms with Gasteiger partial charge in [-0.25, -0.2) is 0 Å². The molecule has 0 bridgehead atoms. The van der Waals surface area contributed by atoms with E-state index in [-0.39, 0.29) is 12.5 Å². The minimum absolute atomic E-state index is 0.0161. The van der Waals surface area contributed by atoms with E-state index >= 15 is 0 Å². The number of phosphoric ester groups is 1. The van der Waals surface area contributed by atoms with Crippen molar-refractivity contribution in [1.82, 2.24) is 5.32 Å². The summed E-state index contributed by atoms with van der Waals surface area (Å²) in [5.41, 5.74) is 0. The maximum absolute atomic E-state index is 13.1. The molecule has 8 nitrogen and oxygen atoms in total. The molecule has 0 aliphatic rings. The minimum atomic E-state index is -4.63. The van der Waals surface area contributed by atoms with Crippen LogP contribution >= 0.6 is 7.82 Å². The van der Waals surface area contributed by atoms with Gasteiger partial charge in [-0.3, -0.25) is 9.36 Å². The highest BCUT2D eigenvalue weighted by Gasteiger charge is 2.23. The van der Waals surface area contributed by atoms with Crippen LogP contribution in [0.3, 0.4) is 0 Å². The van der Waals surface area contributed by atoms with Gasteiger partial charge in [0.15, 0.2) is 0 Å². The third-order valence-corrected chi connectivity index (χ3v) is 17.2. The zero-order valence-corrected chi connectivity index (χ0v) is 61.1. The van der Waals surface area contributed by atoms with Crippen molar-refractivity contribution < 1.29 is 32.9 Å². The molecule has 0 aromatic carbocycles. The first-order valence-corrected chi connectivity index (χ1v) is 39.3. The van der Waals surface area contributed by atoms with E-state index in [0.29, 0.717) is 17.4 Å². The Morgan fingerprint density at radius 3 is 1.01 bits per heavy atom. The number of allylic oxidation sites excluding steroid dienone is 25. The maximum Gasteiger partial charge on any atom is 0.268 e. The molecular weight excluding hydrogens is 1150 g/mol. The molecule has 0 spiro atoms. The molecule has 0 saturated heterocycles. The van der Waals surface area contributed by atoms with Gasteiger partial charge in [-0.15, -0.1) is 0 Å². The van der Waals surface area contributed by atoms with Crippen molar-refractivity contribution in [3.63, 3.8) is 0 Å². The van der Waals surface area contributed by atoms with Crippen molar-refractivity contribution in [2.24, 2.45) is 0 Å². The van der Waals surface area contributed by atoms with Crippen LogP contribution < -0.4 is 10.2 Å². The number of phosphoric acid groups is 1. The molecule has 0 aliphatic carbocycles. The molecule has 2 N–H and O–H groups in total. The molecule has 0 aromatic rings. The first kappa shape index (κ1) is 88.1. The van der Waals surface area contributed by atoms with Crippen LogP contribution in [0.2, 0.25) is 0 Å². The quantitative estimate of drug-likeness (QED) is 0.0272. The second-order valence-electron chi connectivity index (χ2n) is 26.3. The lowest BCUT2D eigenvalue weighted by molar-refractivity contribution is -0.870. The minimum Gasteiger partial charge on any atom is -0.756 e. The first-order chi connectivity index (χ1) is 45.0. The summed E-state index contributed by atoms with van der Waals surface area (Å²) in [6.45, 7) is 4.52. The summed E-state index contributed by atoms with van der Waals surface area (Å²) in [6, 6.07) is -0.923. The van der Waals surface area contributed by atoms with Gasteiger partial charge >= 0.3 is 0 Å². The Morgan fingerprint density at radius 1 is 0.391 bits per heavy atom. The summed E-state index contributed by atoms with van der Waals surface area (Å²) < 4.78 is 23.5. The van der Waals surface area contributed by atoms with Crippen LogP contribution in [0.15, 0.2) is 158 Å². The number of quaternary nitrogens is 1. The predicted octanol–water partition coefficient (Wildman–Crippen LogP) is 24.3. The number of rotatable bonds is 68. The van der Waals surface area contributed by atoms with Crippen molar-refractivity contribution in [3.8, 4) is 0 Å². The molecule has 0 saturated carbocycles. The number of nitrogens with zero attached hydrogens (tertiary/aromatic N) is 1. The van der Waals surface area contributed by atoms with E-state index in [1.807, 2.05) is 27.2 Å². The molecule has 526 valence electrons. The standard InChI is InChI=1S/C83H143N2O6P/c1-6-8-10-12-14-16-18-20-22-24-26-28-30-32-34-36-37-38-39-40-41-42-43-44-45-46-47-49-51-53-55-57-59-61-63-65-67-69-71-73-75-77-83(87)84-81(80-91-92(88,89)90-79-78-85(3,4)5)82(86)76-74-72-70-68-66-64-62-60-58-56-54-52-50-48-35-33-31-29-27-25-23-21-19-17-15-13-11-9-7-2/h8,10,14,16,20,22,26,28,32,34,37-38,40-41,43-44,46-47,51,53,57,59,66,68,74,76,81-82,86H,6-7,9,11-13,15,17-19,21,23-25,27,29-31,33,35-36,39,42,45,48-50,52,54-56,58,60-65,67,69-73,75,77-80H2,1-5H3,(H-,84,87,88,89)/b10-8-,16-14-,22-20-,28-26-,34-32-,38-37-,41-40-,44-43-,47-46-,53-51-,59-57-,68-66+,76-74+. The SMILES string of the molecule is CC/C=C\C/C=C\C/C=C\C/C=C\C/C=C\C/C=C\C/C=C\C/C=C\C/C=C\C/C=C\C/C=C\CCCCCCCCCC(=O)NC(COP(=O)([O-])OCC[N+](C)(C)C)C(O)/C=C/CC/C=C/CCCCCCCCCCCCCCCCCCCCCCCCC. The summed E-state index contributed by atoms with van der Waals surface area (Å²) in [7, 11) is 1.22. The number of likely N-dealkylation sites (N-methyl/N-ethyl adjacent to an activating group) is 1. The van der Waals surface area contributed by atoms with Crippen molar-refractivity contribution in [2.45, 2.75) is 321 Å². The molecule has 0 rings (SSSR count). The molecule has 3 atom stereocenters. The number of aliphatic hydroxyl groups is 1. The van der Waals surface area contributed by atoms with E-state index in [1.54, 1.807) is 6.08 Å². The van der Waals surface area contributed by atoms with Gasteiger partial charge < -0.3 is 28.8 Å². The van der Waals surface area contributed by atoms with Crippen LogP contribution in [0.5, 0.6) is 0 Å². The molecule has 92 heavy (non-hydrogen) atoms. The van der Waals surface area contributed by atoms with Gasteiger partial charge in [-0.05, 0) is 116 Å². The summed E-state index contributed by atoms with van der Waals surface area (Å²) in [5.74, 6) is -0.222. The van der Waals surface area contributed by atoms with Crippen molar-refractivity contribution in [2.75, 3.05) is 40.9 Å². The number of aliphatic hydroxyl groups excluding tert-OH is 1. The Balaban J connectivity index is 4.16. The van der Waals surface area contributed by atoms with Crippen LogP contribution in [0.1, 0.15) is 309 Å². The topological polar surface area (TPSA) is 108 Å². The number of hydrogen-bond donors (Lipinski definition) is 2. The van der Waals surface area contributed by atoms with Crippen molar-refractivity contribution in [3.05, 3.63) is 158 Å². The monoisotopic (exact) mass is 1300 g/mol. The number of unbranched alkanes of at least 4 members (excludes halogenated alkanes) is 31. The summed E-state index contributed by atoms with van der Waals surface area (Å²) in [4.78, 5) is 25.7. The molecule has 1 amide bonds. The molecule has 0 heterocycles. The molecular formula is C83H143N2O6P. The van der Waals surface area contributed by atoms with Gasteiger partial charge in [0.2, 0.25) is 5.91 Å². The predicted molar refractivity (Wildman–Crippen MR) is 403 cm³/mol. The zero-order valence-electron chi connectivity index (χ0n) is 60.2. The lowest BCUT2D eigenvalue weighted by atomic mass is 10.0. The van der Waals surface area contributed by atoms with Crippen LogP contribution in [0.4, 0.5) is 0 Å². The van der Waals surface area contributed by atoms with E-state index in [1.165, 1.54) is 167 Å². The zero-order chi connectivity index (χ0) is 66.9. The van der Waals surface area contributed by atoms with Gasteiger partial charge in [-0.1, -0.05) is 345 Å². The molecule has 0 fully saturated rings. The highest BCUT2D eigenvalue weighted by Crippen LogP contribution is 2.38. The lowest BCUT2D eigenvalue weighted by Gasteiger charge is -2.29. The molecule has 9 heteroatoms. The highest BCUT2D eigenvalue weighted by molar-refractivity contribution is 7.45. The van der Waals surface area contributed by atoms with Gasteiger partial charge in [0.1, 0.15) is 13.2 Å². The number of carbonyl (C=O) groups is 1. The van der Waals surface area contributed by atoms with Gasteiger partial charge in [0, 0.05) is 6.42 Å². The van der Waals surface area contributed by atoms with E-state index < -0.39 is 26.6 Å². The van der Waals surface area contributed by atoms with Crippen LogP contribution in [-0.4, -0.2) is 68.5 Å². The number of hydrogen-bond acceptors (Lipinski definition) is 6. The largest absolute Gasteiger partial charge is 0.756 e. The van der Waals surface area contributed by atoms with Gasteiger partial charge in [0.25, 0.3) is 7.82 Å². The van der Waals surface area contributed by atoms with Crippen molar-refractivity contribution >= 4 is 13.7 Å². The Morgan fingerprint density at radius 2 is 0.674 bits per heavy atom. The van der Waals surface area contributed by atoms with Gasteiger partial charge in [-0.2, -0.15) is 0 Å². The van der Waals surface area contributed by atoms with Gasteiger partial charge in [0.05, 0.1) is 39.9 Å². The van der Waals surface area contributed by atoms with E-state index in [2.05, 4.69) is 165 Å². The third kappa shape index (κ3) is 73.5. The molecule has 0 aromatic heterocycles. The van der Waals surface area contributed by atoms with E-state index in [0.717, 1.165) is 122 Å². The highest BCUT2D eigenvalue weighted by atomic mass is 31.2. The Labute approximate surface area is 569 Å². The normalized spacial score (nSPS) is 14.5. The molecule has 0 radical (unpaired) electrons. The second-order valence-corrected chi connectivity index (χ2v) is 27.7. The third-order valence-electron chi connectivity index (χ3n) is 16.2. The summed E-state index contributed by atoms with van der Waals surface area (Å²) in [6.07, 6.45) is 111. The second kappa shape index (κ2) is 71.4. The lowest BCUT2D eigenvalue weighted by Crippen LogP contribution is -2.45. The Bertz CT molecular complexity index is 2060. The molecule has 0 aliphatic heterocycles. The number of nitrogens with one attached hydrogen (secondary N) is 1. The van der Waals surface area contributed by atoms with Crippen molar-refractivity contribution in [1.29, 1.82) is 0 Å². The number of carbonyl (C=O) groups excluding carboxylic acids is 1. The van der Waals surface area contributed by atoms with Crippen LogP contribution in [-0.2, 0) is 18.4 Å². The fourth-order valence-corrected chi connectivity index (χ4v) is 11.1.